The lowest BCUT2D eigenvalue weighted by Crippen LogP contribution is -2.02. The van der Waals surface area contributed by atoms with Crippen LogP contribution in [0.25, 0.3) is 0 Å². The number of hydrogen-bond acceptors (Lipinski definition) is 3. The number of rotatable bonds is 1. The van der Waals surface area contributed by atoms with Gasteiger partial charge in [-0.05, 0) is 15.9 Å². The van der Waals surface area contributed by atoms with Crippen LogP contribution >= 0.6 is 15.9 Å². The van der Waals surface area contributed by atoms with Crippen LogP contribution in [0.1, 0.15) is 12.7 Å². The van der Waals surface area contributed by atoms with E-state index >= 15 is 0 Å². The van der Waals surface area contributed by atoms with E-state index in [-0.39, 0.29) is 10.2 Å². The van der Waals surface area contributed by atoms with Crippen molar-refractivity contribution in [3.05, 3.63) is 26.7 Å². The Bertz CT molecular complexity index is 316. The summed E-state index contributed by atoms with van der Waals surface area (Å²) in [4.78, 5) is 11.0. The Morgan fingerprint density at radius 2 is 2.36 bits per heavy atom. The maximum Gasteiger partial charge on any atom is 0.240 e. The molecule has 0 amide bonds. The molecular formula is C7H7BrO3. The van der Waals surface area contributed by atoms with E-state index in [1.807, 2.05) is 0 Å². The van der Waals surface area contributed by atoms with E-state index in [1.54, 1.807) is 6.92 Å². The Kier molecular flexibility index (Phi) is 2.34. The van der Waals surface area contributed by atoms with Crippen LogP contribution in [0, 0.1) is 0 Å². The largest absolute Gasteiger partial charge is 0.502 e. The van der Waals surface area contributed by atoms with Crippen molar-refractivity contribution in [2.75, 3.05) is 0 Å². The second-order valence-electron chi connectivity index (χ2n) is 2.04. The molecule has 1 rings (SSSR count). The Hall–Kier alpha value is -0.770. The summed E-state index contributed by atoms with van der Waals surface area (Å²) in [5, 5.41) is 9.14. The van der Waals surface area contributed by atoms with Gasteiger partial charge in [0.1, 0.15) is 16.5 Å². The zero-order valence-corrected chi connectivity index (χ0v) is 7.51. The smallest absolute Gasteiger partial charge is 0.240 e. The summed E-state index contributed by atoms with van der Waals surface area (Å²) in [7, 11) is 0. The van der Waals surface area contributed by atoms with Crippen molar-refractivity contribution < 1.29 is 9.52 Å². The highest BCUT2D eigenvalue weighted by molar-refractivity contribution is 9.10. The van der Waals surface area contributed by atoms with Crippen LogP contribution in [-0.4, -0.2) is 5.11 Å². The summed E-state index contributed by atoms with van der Waals surface area (Å²) < 4.78 is 5.16. The van der Waals surface area contributed by atoms with Gasteiger partial charge in [-0.2, -0.15) is 0 Å². The van der Waals surface area contributed by atoms with Gasteiger partial charge in [-0.3, -0.25) is 4.79 Å². The van der Waals surface area contributed by atoms with Gasteiger partial charge in [0, 0.05) is 6.42 Å². The van der Waals surface area contributed by atoms with Gasteiger partial charge < -0.3 is 9.52 Å². The lowest BCUT2D eigenvalue weighted by molar-refractivity contribution is 0.400. The van der Waals surface area contributed by atoms with Crippen molar-refractivity contribution >= 4 is 15.9 Å². The summed E-state index contributed by atoms with van der Waals surface area (Å²) in [6.45, 7) is 1.80. The highest BCUT2D eigenvalue weighted by Gasteiger charge is 2.08. The first-order valence-corrected chi connectivity index (χ1v) is 3.95. The highest BCUT2D eigenvalue weighted by Crippen LogP contribution is 2.15. The first-order chi connectivity index (χ1) is 5.16. The van der Waals surface area contributed by atoms with Gasteiger partial charge in [0.15, 0.2) is 0 Å². The molecule has 1 aromatic heterocycles. The molecule has 0 spiro atoms. The van der Waals surface area contributed by atoms with Crippen LogP contribution < -0.4 is 5.43 Å². The number of aromatic hydroxyl groups is 1. The lowest BCUT2D eigenvalue weighted by atomic mass is 10.3. The van der Waals surface area contributed by atoms with Gasteiger partial charge in [-0.1, -0.05) is 6.92 Å². The molecule has 1 heterocycles. The monoisotopic (exact) mass is 218 g/mol. The fourth-order valence-corrected chi connectivity index (χ4v) is 1.00. The molecule has 0 atom stereocenters. The maximum absolute atomic E-state index is 11.0. The molecule has 4 heteroatoms. The van der Waals surface area contributed by atoms with E-state index in [0.29, 0.717) is 12.2 Å². The van der Waals surface area contributed by atoms with Gasteiger partial charge in [0.25, 0.3) is 0 Å². The number of aryl methyl sites for hydroxylation is 1. The Morgan fingerprint density at radius 1 is 1.73 bits per heavy atom. The standard InChI is InChI=1S/C7H7BrO3/c1-2-5-7(10)6(9)4(8)3-11-5/h3,10H,2H2,1H3. The van der Waals surface area contributed by atoms with Crippen LogP contribution in [0.2, 0.25) is 0 Å². The molecule has 0 unspecified atom stereocenters. The summed E-state index contributed by atoms with van der Waals surface area (Å²) in [6.07, 6.45) is 1.79. The van der Waals surface area contributed by atoms with Crippen molar-refractivity contribution in [1.82, 2.24) is 0 Å². The van der Waals surface area contributed by atoms with Gasteiger partial charge in [-0.15, -0.1) is 0 Å². The van der Waals surface area contributed by atoms with Crippen LogP contribution in [-0.2, 0) is 6.42 Å². The van der Waals surface area contributed by atoms with Crippen LogP contribution in [0.5, 0.6) is 5.75 Å². The van der Waals surface area contributed by atoms with Crippen molar-refractivity contribution in [3.63, 3.8) is 0 Å². The second kappa shape index (κ2) is 3.09. The SMILES string of the molecule is CCc1occ(Br)c(=O)c1O. The van der Waals surface area contributed by atoms with E-state index in [1.165, 1.54) is 6.26 Å². The average molecular weight is 219 g/mol. The minimum atomic E-state index is -0.423. The van der Waals surface area contributed by atoms with Crippen LogP contribution in [0.15, 0.2) is 19.9 Å². The fourth-order valence-electron chi connectivity index (χ4n) is 0.723. The Labute approximate surface area is 71.8 Å². The van der Waals surface area contributed by atoms with Gasteiger partial charge >= 0.3 is 0 Å². The number of hydrogen-bond donors (Lipinski definition) is 1. The molecule has 0 radical (unpaired) electrons. The van der Waals surface area contributed by atoms with Gasteiger partial charge in [0.2, 0.25) is 11.2 Å². The zero-order chi connectivity index (χ0) is 8.43. The van der Waals surface area contributed by atoms with Gasteiger partial charge in [0.05, 0.1) is 0 Å². The summed E-state index contributed by atoms with van der Waals surface area (Å²) >= 11 is 2.94. The topological polar surface area (TPSA) is 50.4 Å². The van der Waals surface area contributed by atoms with Crippen LogP contribution in [0.3, 0.4) is 0 Å². The minimum absolute atomic E-state index is 0.243. The molecule has 1 aromatic rings. The molecule has 3 nitrogen and oxygen atoms in total. The fraction of sp³-hybridized carbons (Fsp3) is 0.286. The third-order valence-corrected chi connectivity index (χ3v) is 1.87. The molecule has 0 saturated heterocycles. The first kappa shape index (κ1) is 8.33. The molecule has 0 saturated carbocycles. The Morgan fingerprint density at radius 3 is 2.91 bits per heavy atom. The van der Waals surface area contributed by atoms with E-state index < -0.39 is 5.43 Å². The molecule has 0 bridgehead atoms. The quantitative estimate of drug-likeness (QED) is 0.781. The summed E-state index contributed by atoms with van der Waals surface area (Å²) in [5.74, 6) is 0.0140. The van der Waals surface area contributed by atoms with Crippen molar-refractivity contribution in [2.24, 2.45) is 0 Å². The third-order valence-electron chi connectivity index (χ3n) is 1.32. The van der Waals surface area contributed by atoms with E-state index in [2.05, 4.69) is 15.9 Å². The zero-order valence-electron chi connectivity index (χ0n) is 5.93. The Balaban J connectivity index is 3.37. The first-order valence-electron chi connectivity index (χ1n) is 3.16. The molecule has 60 valence electrons. The summed E-state index contributed by atoms with van der Waals surface area (Å²) in [5.41, 5.74) is -0.423. The van der Waals surface area contributed by atoms with Gasteiger partial charge in [-0.25, -0.2) is 0 Å². The predicted octanol–water partition coefficient (Wildman–Crippen LogP) is 1.67. The van der Waals surface area contributed by atoms with Crippen LogP contribution in [0.4, 0.5) is 0 Å². The van der Waals surface area contributed by atoms with Crippen molar-refractivity contribution in [3.8, 4) is 5.75 Å². The lowest BCUT2D eigenvalue weighted by Gasteiger charge is -1.98. The molecular weight excluding hydrogens is 212 g/mol. The molecule has 0 aliphatic heterocycles. The van der Waals surface area contributed by atoms with Crippen molar-refractivity contribution in [2.45, 2.75) is 13.3 Å². The summed E-state index contributed by atoms with van der Waals surface area (Å²) in [6, 6.07) is 0. The second-order valence-corrected chi connectivity index (χ2v) is 2.89. The molecule has 0 aliphatic rings. The molecule has 1 N–H and O–H groups in total. The van der Waals surface area contributed by atoms with E-state index in [0.717, 1.165) is 0 Å². The molecule has 0 aliphatic carbocycles. The van der Waals surface area contributed by atoms with Crippen molar-refractivity contribution in [1.29, 1.82) is 0 Å². The minimum Gasteiger partial charge on any atom is -0.502 e. The molecule has 11 heavy (non-hydrogen) atoms. The number of halogens is 1. The predicted molar refractivity (Wildman–Crippen MR) is 43.7 cm³/mol. The average Bonchev–Trinajstić information content (AvgIpc) is 2.01. The molecule has 0 aromatic carbocycles. The van der Waals surface area contributed by atoms with E-state index in [9.17, 15) is 4.79 Å². The maximum atomic E-state index is 11.0. The van der Waals surface area contributed by atoms with E-state index in [4.69, 9.17) is 9.52 Å². The highest BCUT2D eigenvalue weighted by atomic mass is 79.9. The third kappa shape index (κ3) is 1.45. The molecule has 0 fully saturated rings. The normalized spacial score (nSPS) is 10.0.